The van der Waals surface area contributed by atoms with E-state index in [4.69, 9.17) is 10.8 Å². The Balaban J connectivity index is 2.27. The van der Waals surface area contributed by atoms with Gasteiger partial charge in [0, 0.05) is 19.6 Å². The van der Waals surface area contributed by atoms with Crippen LogP contribution in [0.3, 0.4) is 0 Å². The molecule has 1 aromatic carbocycles. The van der Waals surface area contributed by atoms with Gasteiger partial charge in [-0.05, 0) is 17.7 Å². The molecular formula is C11H15N3O3. The van der Waals surface area contributed by atoms with E-state index in [9.17, 15) is 9.59 Å². The van der Waals surface area contributed by atoms with Gasteiger partial charge in [-0.15, -0.1) is 0 Å². The highest BCUT2D eigenvalue weighted by Crippen LogP contribution is 2.03. The van der Waals surface area contributed by atoms with Gasteiger partial charge in [-0.25, -0.2) is 9.59 Å². The van der Waals surface area contributed by atoms with Gasteiger partial charge in [-0.2, -0.15) is 0 Å². The monoisotopic (exact) mass is 237 g/mol. The number of hydrogen-bond acceptors (Lipinski definition) is 3. The number of carbonyl (C=O) groups excluding carboxylic acids is 1. The Labute approximate surface area is 98.8 Å². The zero-order valence-corrected chi connectivity index (χ0v) is 9.27. The van der Waals surface area contributed by atoms with Gasteiger partial charge in [-0.3, -0.25) is 0 Å². The Kier molecular flexibility index (Phi) is 4.96. The Morgan fingerprint density at radius 1 is 1.18 bits per heavy atom. The topological polar surface area (TPSA) is 104 Å². The number of primary amides is 1. The lowest BCUT2D eigenvalue weighted by atomic mass is 10.1. The molecule has 1 rings (SSSR count). The number of benzene rings is 1. The third-order valence-corrected chi connectivity index (χ3v) is 2.13. The van der Waals surface area contributed by atoms with Crippen molar-refractivity contribution in [2.24, 2.45) is 5.73 Å². The SMILES string of the molecule is NC(=O)NCCNCc1ccc(C(=O)O)cc1. The Hall–Kier alpha value is -2.08. The van der Waals surface area contributed by atoms with Crippen LogP contribution in [0.4, 0.5) is 4.79 Å². The average molecular weight is 237 g/mol. The van der Waals surface area contributed by atoms with Gasteiger partial charge in [0.15, 0.2) is 0 Å². The Bertz CT molecular complexity index is 389. The van der Waals surface area contributed by atoms with Gasteiger partial charge < -0.3 is 21.5 Å². The van der Waals surface area contributed by atoms with E-state index in [2.05, 4.69) is 10.6 Å². The van der Waals surface area contributed by atoms with Crippen molar-refractivity contribution < 1.29 is 14.7 Å². The summed E-state index contributed by atoms with van der Waals surface area (Å²) in [4.78, 5) is 21.0. The molecule has 0 aliphatic rings. The molecule has 17 heavy (non-hydrogen) atoms. The Morgan fingerprint density at radius 3 is 2.35 bits per heavy atom. The molecule has 0 bridgehead atoms. The molecule has 5 N–H and O–H groups in total. The third kappa shape index (κ3) is 4.98. The lowest BCUT2D eigenvalue weighted by Crippen LogP contribution is -2.35. The molecule has 0 spiro atoms. The molecule has 1 aromatic rings. The van der Waals surface area contributed by atoms with Crippen LogP contribution in [-0.2, 0) is 6.54 Å². The maximum Gasteiger partial charge on any atom is 0.335 e. The van der Waals surface area contributed by atoms with Crippen LogP contribution < -0.4 is 16.4 Å². The standard InChI is InChI=1S/C11H15N3O3/c12-11(17)14-6-5-13-7-8-1-3-9(4-2-8)10(15)16/h1-4,13H,5-7H2,(H,15,16)(H3,12,14,17). The zero-order chi connectivity index (χ0) is 12.7. The number of rotatable bonds is 6. The molecule has 6 heteroatoms. The molecule has 0 heterocycles. The van der Waals surface area contributed by atoms with Gasteiger partial charge in [0.05, 0.1) is 5.56 Å². The van der Waals surface area contributed by atoms with Gasteiger partial charge in [-0.1, -0.05) is 12.1 Å². The summed E-state index contributed by atoms with van der Waals surface area (Å²) >= 11 is 0. The van der Waals surface area contributed by atoms with E-state index < -0.39 is 12.0 Å². The van der Waals surface area contributed by atoms with Crippen LogP contribution in [0.5, 0.6) is 0 Å². The fourth-order valence-corrected chi connectivity index (χ4v) is 1.27. The summed E-state index contributed by atoms with van der Waals surface area (Å²) in [5.74, 6) is -0.935. The highest BCUT2D eigenvalue weighted by Gasteiger charge is 2.01. The number of amides is 2. The van der Waals surface area contributed by atoms with E-state index in [-0.39, 0.29) is 5.56 Å². The first-order chi connectivity index (χ1) is 8.09. The second-order valence-corrected chi connectivity index (χ2v) is 3.47. The van der Waals surface area contributed by atoms with Crippen LogP contribution >= 0.6 is 0 Å². The molecule has 0 saturated heterocycles. The van der Waals surface area contributed by atoms with Gasteiger partial charge >= 0.3 is 12.0 Å². The minimum Gasteiger partial charge on any atom is -0.478 e. The summed E-state index contributed by atoms with van der Waals surface area (Å²) in [6.45, 7) is 1.67. The lowest BCUT2D eigenvalue weighted by molar-refractivity contribution is 0.0697. The quantitative estimate of drug-likeness (QED) is 0.528. The molecule has 0 fully saturated rings. The van der Waals surface area contributed by atoms with E-state index in [1.54, 1.807) is 24.3 Å². The summed E-state index contributed by atoms with van der Waals surface area (Å²) in [6.07, 6.45) is 0. The predicted octanol–water partition coefficient (Wildman–Crippen LogP) is 0.143. The van der Waals surface area contributed by atoms with Crippen molar-refractivity contribution in [3.63, 3.8) is 0 Å². The van der Waals surface area contributed by atoms with Crippen LogP contribution in [0.25, 0.3) is 0 Å². The number of nitrogens with two attached hydrogens (primary N) is 1. The number of urea groups is 1. The molecule has 6 nitrogen and oxygen atoms in total. The van der Waals surface area contributed by atoms with Crippen molar-refractivity contribution in [1.29, 1.82) is 0 Å². The number of hydrogen-bond donors (Lipinski definition) is 4. The van der Waals surface area contributed by atoms with Gasteiger partial charge in [0.1, 0.15) is 0 Å². The minimum atomic E-state index is -0.935. The van der Waals surface area contributed by atoms with Crippen LogP contribution in [0, 0.1) is 0 Å². The highest BCUT2D eigenvalue weighted by atomic mass is 16.4. The molecule has 92 valence electrons. The van der Waals surface area contributed by atoms with E-state index in [0.717, 1.165) is 5.56 Å². The molecule has 0 aromatic heterocycles. The summed E-state index contributed by atoms with van der Waals surface area (Å²) in [7, 11) is 0. The van der Waals surface area contributed by atoms with Crippen molar-refractivity contribution in [3.05, 3.63) is 35.4 Å². The summed E-state index contributed by atoms with van der Waals surface area (Å²) in [6, 6.07) is 6.07. The smallest absolute Gasteiger partial charge is 0.335 e. The molecule has 0 atom stereocenters. The largest absolute Gasteiger partial charge is 0.478 e. The number of carboxylic acid groups (broad SMARTS) is 1. The predicted molar refractivity (Wildman–Crippen MR) is 62.7 cm³/mol. The Morgan fingerprint density at radius 2 is 1.82 bits per heavy atom. The second kappa shape index (κ2) is 6.49. The molecule has 0 saturated carbocycles. The van der Waals surface area contributed by atoms with Crippen LogP contribution in [0.15, 0.2) is 24.3 Å². The molecule has 0 aliphatic carbocycles. The van der Waals surface area contributed by atoms with Crippen molar-refractivity contribution >= 4 is 12.0 Å². The van der Waals surface area contributed by atoms with Gasteiger partial charge in [0.2, 0.25) is 0 Å². The number of aromatic carboxylic acids is 1. The van der Waals surface area contributed by atoms with E-state index in [1.165, 1.54) is 0 Å². The molecule has 0 aliphatic heterocycles. The van der Waals surface area contributed by atoms with Crippen molar-refractivity contribution in [3.8, 4) is 0 Å². The number of nitrogens with one attached hydrogen (secondary N) is 2. The third-order valence-electron chi connectivity index (χ3n) is 2.13. The maximum atomic E-state index is 10.6. The van der Waals surface area contributed by atoms with Crippen molar-refractivity contribution in [1.82, 2.24) is 10.6 Å². The second-order valence-electron chi connectivity index (χ2n) is 3.47. The summed E-state index contributed by atoms with van der Waals surface area (Å²) in [5, 5.41) is 14.2. The maximum absolute atomic E-state index is 10.6. The summed E-state index contributed by atoms with van der Waals surface area (Å²) in [5.41, 5.74) is 6.15. The molecule has 0 radical (unpaired) electrons. The first-order valence-corrected chi connectivity index (χ1v) is 5.16. The number of carbonyl (C=O) groups is 2. The van der Waals surface area contributed by atoms with Crippen molar-refractivity contribution in [2.45, 2.75) is 6.54 Å². The van der Waals surface area contributed by atoms with Gasteiger partial charge in [0.25, 0.3) is 0 Å². The first kappa shape index (κ1) is 13.0. The fourth-order valence-electron chi connectivity index (χ4n) is 1.27. The van der Waals surface area contributed by atoms with Crippen LogP contribution in [0.2, 0.25) is 0 Å². The van der Waals surface area contributed by atoms with Crippen molar-refractivity contribution in [2.75, 3.05) is 13.1 Å². The molecule has 2 amide bonds. The first-order valence-electron chi connectivity index (χ1n) is 5.16. The normalized spacial score (nSPS) is 9.88. The lowest BCUT2D eigenvalue weighted by Gasteiger charge is -2.05. The van der Waals surface area contributed by atoms with E-state index in [0.29, 0.717) is 19.6 Å². The minimum absolute atomic E-state index is 0.268. The zero-order valence-electron chi connectivity index (χ0n) is 9.27. The van der Waals surface area contributed by atoms with Crippen LogP contribution in [0.1, 0.15) is 15.9 Å². The number of carboxylic acids is 1. The highest BCUT2D eigenvalue weighted by molar-refractivity contribution is 5.87. The molecule has 0 unspecified atom stereocenters. The van der Waals surface area contributed by atoms with Crippen LogP contribution in [-0.4, -0.2) is 30.2 Å². The molecular weight excluding hydrogens is 222 g/mol. The average Bonchev–Trinajstić information content (AvgIpc) is 2.29. The van der Waals surface area contributed by atoms with E-state index in [1.807, 2.05) is 0 Å². The fraction of sp³-hybridized carbons (Fsp3) is 0.273. The summed E-state index contributed by atoms with van der Waals surface area (Å²) < 4.78 is 0. The van der Waals surface area contributed by atoms with E-state index >= 15 is 0 Å².